The van der Waals surface area contributed by atoms with Gasteiger partial charge in [-0.25, -0.2) is 0 Å². The molecule has 3 unspecified atom stereocenters. The summed E-state index contributed by atoms with van der Waals surface area (Å²) in [5.74, 6) is 2.37. The van der Waals surface area contributed by atoms with Gasteiger partial charge in [-0.2, -0.15) is 0 Å². The maximum atomic E-state index is 3.59. The van der Waals surface area contributed by atoms with Crippen molar-refractivity contribution >= 4 is 0 Å². The van der Waals surface area contributed by atoms with Gasteiger partial charge in [-0.05, 0) is 73.6 Å². The van der Waals surface area contributed by atoms with Gasteiger partial charge in [0.15, 0.2) is 0 Å². The van der Waals surface area contributed by atoms with Crippen molar-refractivity contribution in [3.05, 3.63) is 35.4 Å². The Bertz CT molecular complexity index is 443. The van der Waals surface area contributed by atoms with Crippen LogP contribution in [0.15, 0.2) is 24.3 Å². The van der Waals surface area contributed by atoms with Crippen LogP contribution in [0, 0.1) is 24.2 Å². The zero-order chi connectivity index (χ0) is 15.5. The second kappa shape index (κ2) is 6.96. The van der Waals surface area contributed by atoms with E-state index in [-0.39, 0.29) is 0 Å². The van der Waals surface area contributed by atoms with Gasteiger partial charge in [-0.15, -0.1) is 0 Å². The van der Waals surface area contributed by atoms with Crippen LogP contribution in [0.5, 0.6) is 0 Å². The standard InChI is InChI=1S/C20H33N/c1-6-21-14-16-11-12-17(20(3,4)5)13-19(16)18-10-8-7-9-15(18)2/h7-10,16-17,19,21H,6,11-14H2,1-5H3. The van der Waals surface area contributed by atoms with E-state index in [2.05, 4.69) is 64.2 Å². The highest BCUT2D eigenvalue weighted by atomic mass is 14.8. The Morgan fingerprint density at radius 2 is 1.86 bits per heavy atom. The second-order valence-corrected chi connectivity index (χ2v) is 7.91. The summed E-state index contributed by atoms with van der Waals surface area (Å²) >= 11 is 0. The van der Waals surface area contributed by atoms with E-state index in [1.165, 1.54) is 31.4 Å². The molecule has 2 rings (SSSR count). The SMILES string of the molecule is CCNCC1CCC(C(C)(C)C)CC1c1ccccc1C. The molecule has 1 N–H and O–H groups in total. The maximum absolute atomic E-state index is 3.59. The third-order valence-corrected chi connectivity index (χ3v) is 5.46. The predicted octanol–water partition coefficient (Wildman–Crippen LogP) is 5.15. The van der Waals surface area contributed by atoms with Crippen molar-refractivity contribution in [1.29, 1.82) is 0 Å². The van der Waals surface area contributed by atoms with Crippen LogP contribution in [0.1, 0.15) is 64.0 Å². The quantitative estimate of drug-likeness (QED) is 0.807. The van der Waals surface area contributed by atoms with Crippen molar-refractivity contribution < 1.29 is 0 Å². The van der Waals surface area contributed by atoms with Crippen LogP contribution < -0.4 is 5.32 Å². The molecule has 0 amide bonds. The van der Waals surface area contributed by atoms with Gasteiger partial charge in [0.1, 0.15) is 0 Å². The number of hydrogen-bond acceptors (Lipinski definition) is 1. The molecule has 0 heterocycles. The number of hydrogen-bond donors (Lipinski definition) is 1. The zero-order valence-corrected chi connectivity index (χ0v) is 14.6. The minimum atomic E-state index is 0.435. The van der Waals surface area contributed by atoms with Crippen LogP contribution in [0.25, 0.3) is 0 Å². The first-order valence-corrected chi connectivity index (χ1v) is 8.69. The molecule has 0 spiro atoms. The fourth-order valence-corrected chi connectivity index (χ4v) is 3.98. The number of nitrogens with one attached hydrogen (secondary N) is 1. The van der Waals surface area contributed by atoms with Crippen LogP contribution in [-0.2, 0) is 0 Å². The highest BCUT2D eigenvalue weighted by molar-refractivity contribution is 5.30. The molecule has 0 bridgehead atoms. The minimum Gasteiger partial charge on any atom is -0.317 e. The lowest BCUT2D eigenvalue weighted by atomic mass is 9.63. The van der Waals surface area contributed by atoms with Gasteiger partial charge in [0.05, 0.1) is 0 Å². The third-order valence-electron chi connectivity index (χ3n) is 5.46. The molecule has 3 atom stereocenters. The molecule has 1 heteroatoms. The lowest BCUT2D eigenvalue weighted by Crippen LogP contribution is -2.35. The Balaban J connectivity index is 2.23. The van der Waals surface area contributed by atoms with Crippen molar-refractivity contribution in [1.82, 2.24) is 5.32 Å². The summed E-state index contributed by atoms with van der Waals surface area (Å²) in [7, 11) is 0. The average Bonchev–Trinajstić information content (AvgIpc) is 2.44. The first-order valence-electron chi connectivity index (χ1n) is 8.69. The molecule has 1 aromatic carbocycles. The van der Waals surface area contributed by atoms with Crippen molar-refractivity contribution in [3.8, 4) is 0 Å². The van der Waals surface area contributed by atoms with Gasteiger partial charge < -0.3 is 5.32 Å². The molecule has 1 aromatic rings. The van der Waals surface area contributed by atoms with Crippen molar-refractivity contribution in [3.63, 3.8) is 0 Å². The summed E-state index contributed by atoms with van der Waals surface area (Å²) in [4.78, 5) is 0. The molecular weight excluding hydrogens is 254 g/mol. The van der Waals surface area contributed by atoms with Crippen LogP contribution in [0.4, 0.5) is 0 Å². The largest absolute Gasteiger partial charge is 0.317 e. The first kappa shape index (κ1) is 16.5. The summed E-state index contributed by atoms with van der Waals surface area (Å²) in [6, 6.07) is 9.03. The van der Waals surface area contributed by atoms with Gasteiger partial charge in [-0.3, -0.25) is 0 Å². The summed E-state index contributed by atoms with van der Waals surface area (Å²) in [5, 5.41) is 3.59. The lowest BCUT2D eigenvalue weighted by molar-refractivity contribution is 0.129. The van der Waals surface area contributed by atoms with E-state index < -0.39 is 0 Å². The highest BCUT2D eigenvalue weighted by Gasteiger charge is 2.36. The maximum Gasteiger partial charge on any atom is -0.00148 e. The molecule has 1 fully saturated rings. The van der Waals surface area contributed by atoms with Crippen molar-refractivity contribution in [2.45, 2.75) is 59.8 Å². The number of benzene rings is 1. The molecule has 1 nitrogen and oxygen atoms in total. The van der Waals surface area contributed by atoms with E-state index in [1.807, 2.05) is 0 Å². The van der Waals surface area contributed by atoms with Gasteiger partial charge >= 0.3 is 0 Å². The van der Waals surface area contributed by atoms with Crippen LogP contribution in [0.2, 0.25) is 0 Å². The van der Waals surface area contributed by atoms with Crippen LogP contribution >= 0.6 is 0 Å². The summed E-state index contributed by atoms with van der Waals surface area (Å²) in [6.07, 6.45) is 4.11. The molecular formula is C20H33N. The molecule has 1 aliphatic carbocycles. The molecule has 1 aliphatic rings. The molecule has 0 aromatic heterocycles. The van der Waals surface area contributed by atoms with E-state index in [9.17, 15) is 0 Å². The molecule has 118 valence electrons. The van der Waals surface area contributed by atoms with Crippen LogP contribution in [0.3, 0.4) is 0 Å². The zero-order valence-electron chi connectivity index (χ0n) is 14.6. The van der Waals surface area contributed by atoms with Gasteiger partial charge in [0.25, 0.3) is 0 Å². The molecule has 0 aliphatic heterocycles. The summed E-state index contributed by atoms with van der Waals surface area (Å²) in [6.45, 7) is 14.0. The topological polar surface area (TPSA) is 12.0 Å². The van der Waals surface area contributed by atoms with Gasteiger partial charge in [-0.1, -0.05) is 52.0 Å². The normalized spacial score (nSPS) is 26.8. The van der Waals surface area contributed by atoms with E-state index in [1.54, 1.807) is 5.56 Å². The Kier molecular flexibility index (Phi) is 5.48. The van der Waals surface area contributed by atoms with Crippen molar-refractivity contribution in [2.24, 2.45) is 17.3 Å². The Hall–Kier alpha value is -0.820. The Labute approximate surface area is 131 Å². The smallest absolute Gasteiger partial charge is 0.00148 e. The average molecular weight is 287 g/mol. The molecule has 0 radical (unpaired) electrons. The van der Waals surface area contributed by atoms with Gasteiger partial charge in [0, 0.05) is 0 Å². The van der Waals surface area contributed by atoms with E-state index in [0.717, 1.165) is 24.3 Å². The lowest BCUT2D eigenvalue weighted by Gasteiger charge is -2.42. The van der Waals surface area contributed by atoms with E-state index in [0.29, 0.717) is 5.41 Å². The highest BCUT2D eigenvalue weighted by Crippen LogP contribution is 2.47. The van der Waals surface area contributed by atoms with Crippen LogP contribution in [-0.4, -0.2) is 13.1 Å². The minimum absolute atomic E-state index is 0.435. The predicted molar refractivity (Wildman–Crippen MR) is 92.7 cm³/mol. The Morgan fingerprint density at radius 3 is 2.48 bits per heavy atom. The second-order valence-electron chi connectivity index (χ2n) is 7.91. The summed E-state index contributed by atoms with van der Waals surface area (Å²) in [5.41, 5.74) is 3.50. The number of aryl methyl sites for hydroxylation is 1. The number of rotatable bonds is 4. The van der Waals surface area contributed by atoms with E-state index in [4.69, 9.17) is 0 Å². The molecule has 1 saturated carbocycles. The summed E-state index contributed by atoms with van der Waals surface area (Å²) < 4.78 is 0. The van der Waals surface area contributed by atoms with E-state index >= 15 is 0 Å². The first-order chi connectivity index (χ1) is 9.93. The Morgan fingerprint density at radius 1 is 1.14 bits per heavy atom. The third kappa shape index (κ3) is 4.10. The monoisotopic (exact) mass is 287 g/mol. The molecule has 0 saturated heterocycles. The molecule has 21 heavy (non-hydrogen) atoms. The fourth-order valence-electron chi connectivity index (χ4n) is 3.98. The van der Waals surface area contributed by atoms with Gasteiger partial charge in [0.2, 0.25) is 0 Å². The van der Waals surface area contributed by atoms with Crippen molar-refractivity contribution in [2.75, 3.05) is 13.1 Å². The fraction of sp³-hybridized carbons (Fsp3) is 0.700.